The first-order chi connectivity index (χ1) is 6.17. The van der Waals surface area contributed by atoms with E-state index in [1.807, 2.05) is 12.1 Å². The zero-order chi connectivity index (χ0) is 9.47. The van der Waals surface area contributed by atoms with Crippen LogP contribution in [-0.2, 0) is 12.1 Å². The molecule has 0 bridgehead atoms. The third-order valence-corrected chi connectivity index (χ3v) is 2.90. The zero-order valence-electron chi connectivity index (χ0n) is 7.26. The van der Waals surface area contributed by atoms with Crippen molar-refractivity contribution in [3.05, 3.63) is 34.3 Å². The summed E-state index contributed by atoms with van der Waals surface area (Å²) in [4.78, 5) is 0. The summed E-state index contributed by atoms with van der Waals surface area (Å²) in [7, 11) is 0. The lowest BCUT2D eigenvalue weighted by Crippen LogP contribution is -2.11. The molecule has 0 radical (unpaired) electrons. The van der Waals surface area contributed by atoms with Crippen molar-refractivity contribution in [3.8, 4) is 0 Å². The fourth-order valence-electron chi connectivity index (χ4n) is 1.59. The number of hydrogen-bond acceptors (Lipinski definition) is 2. The quantitative estimate of drug-likeness (QED) is 0.759. The molecule has 3 heteroatoms. The molecule has 0 atom stereocenters. The largest absolute Gasteiger partial charge is 0.385 e. The number of halogens is 1. The normalized spacial score (nSPS) is 18.7. The fraction of sp³-hybridized carbons (Fsp3) is 0.400. The van der Waals surface area contributed by atoms with Crippen molar-refractivity contribution in [1.82, 2.24) is 0 Å². The van der Waals surface area contributed by atoms with E-state index < -0.39 is 5.60 Å². The van der Waals surface area contributed by atoms with Gasteiger partial charge in [-0.2, -0.15) is 0 Å². The highest BCUT2D eigenvalue weighted by molar-refractivity contribution is 6.31. The number of hydrogen-bond donors (Lipinski definition) is 2. The highest BCUT2D eigenvalue weighted by atomic mass is 35.5. The van der Waals surface area contributed by atoms with Crippen molar-refractivity contribution in [2.24, 2.45) is 5.73 Å². The average Bonchev–Trinajstić information content (AvgIpc) is 2.85. The first-order valence-corrected chi connectivity index (χ1v) is 4.75. The Kier molecular flexibility index (Phi) is 2.06. The van der Waals surface area contributed by atoms with Crippen molar-refractivity contribution in [2.75, 3.05) is 0 Å². The second-order valence-corrected chi connectivity index (χ2v) is 3.91. The summed E-state index contributed by atoms with van der Waals surface area (Å²) in [5, 5.41) is 10.6. The highest BCUT2D eigenvalue weighted by Gasteiger charge is 2.43. The maximum absolute atomic E-state index is 9.92. The van der Waals surface area contributed by atoms with Gasteiger partial charge in [0, 0.05) is 11.6 Å². The molecule has 0 spiro atoms. The standard InChI is InChI=1S/C10H12ClNO/c11-9-3-1-2-8(7(9)6-12)10(13)4-5-10/h1-3,13H,4-6,12H2. The Hall–Kier alpha value is -0.570. The van der Waals surface area contributed by atoms with E-state index in [1.165, 1.54) is 0 Å². The summed E-state index contributed by atoms with van der Waals surface area (Å²) < 4.78 is 0. The molecule has 1 aromatic rings. The van der Waals surface area contributed by atoms with E-state index in [4.69, 9.17) is 17.3 Å². The predicted octanol–water partition coefficient (Wildman–Crippen LogP) is 1.78. The van der Waals surface area contributed by atoms with E-state index in [2.05, 4.69) is 0 Å². The van der Waals surface area contributed by atoms with E-state index in [1.54, 1.807) is 6.07 Å². The molecule has 70 valence electrons. The minimum atomic E-state index is -0.639. The van der Waals surface area contributed by atoms with Crippen LogP contribution in [0.2, 0.25) is 5.02 Å². The van der Waals surface area contributed by atoms with Gasteiger partial charge in [0.1, 0.15) is 0 Å². The maximum atomic E-state index is 9.92. The summed E-state index contributed by atoms with van der Waals surface area (Å²) >= 11 is 5.97. The van der Waals surface area contributed by atoms with Gasteiger partial charge in [-0.05, 0) is 30.0 Å². The molecule has 0 unspecified atom stereocenters. The van der Waals surface area contributed by atoms with E-state index in [-0.39, 0.29) is 0 Å². The third kappa shape index (κ3) is 1.46. The van der Waals surface area contributed by atoms with E-state index in [9.17, 15) is 5.11 Å². The molecule has 0 amide bonds. The Bertz CT molecular complexity index is 334. The molecular formula is C10H12ClNO. The molecule has 1 saturated carbocycles. The molecule has 1 aromatic carbocycles. The lowest BCUT2D eigenvalue weighted by molar-refractivity contribution is 0.150. The van der Waals surface area contributed by atoms with Gasteiger partial charge in [0.2, 0.25) is 0 Å². The molecule has 0 heterocycles. The average molecular weight is 198 g/mol. The van der Waals surface area contributed by atoms with Crippen LogP contribution < -0.4 is 5.73 Å². The van der Waals surface area contributed by atoms with Gasteiger partial charge >= 0.3 is 0 Å². The maximum Gasteiger partial charge on any atom is 0.0902 e. The smallest absolute Gasteiger partial charge is 0.0902 e. The number of nitrogens with two attached hydrogens (primary N) is 1. The van der Waals surface area contributed by atoms with Crippen molar-refractivity contribution in [3.63, 3.8) is 0 Å². The molecule has 1 aliphatic rings. The third-order valence-electron chi connectivity index (χ3n) is 2.55. The minimum absolute atomic E-state index is 0.386. The van der Waals surface area contributed by atoms with Crippen molar-refractivity contribution in [2.45, 2.75) is 25.0 Å². The number of rotatable bonds is 2. The van der Waals surface area contributed by atoms with Crippen LogP contribution in [0.25, 0.3) is 0 Å². The molecule has 0 aliphatic heterocycles. The lowest BCUT2D eigenvalue weighted by atomic mass is 10.0. The summed E-state index contributed by atoms with van der Waals surface area (Å²) in [6, 6.07) is 5.56. The van der Waals surface area contributed by atoms with Crippen LogP contribution in [0.1, 0.15) is 24.0 Å². The van der Waals surface area contributed by atoms with Crippen LogP contribution in [0, 0.1) is 0 Å². The Morgan fingerprint density at radius 2 is 2.15 bits per heavy atom. The van der Waals surface area contributed by atoms with Crippen molar-refractivity contribution < 1.29 is 5.11 Å². The molecule has 1 fully saturated rings. The van der Waals surface area contributed by atoms with Gasteiger partial charge in [0.15, 0.2) is 0 Å². The number of aliphatic hydroxyl groups is 1. The van der Waals surface area contributed by atoms with E-state index >= 15 is 0 Å². The lowest BCUT2D eigenvalue weighted by Gasteiger charge is -2.14. The molecule has 0 aromatic heterocycles. The van der Waals surface area contributed by atoms with Gasteiger partial charge in [0.05, 0.1) is 5.60 Å². The van der Waals surface area contributed by atoms with Crippen LogP contribution in [0.15, 0.2) is 18.2 Å². The Labute approximate surface area is 82.3 Å². The van der Waals surface area contributed by atoms with E-state index in [0.29, 0.717) is 11.6 Å². The molecular weight excluding hydrogens is 186 g/mol. The molecule has 1 aliphatic carbocycles. The van der Waals surface area contributed by atoms with Crippen molar-refractivity contribution >= 4 is 11.6 Å². The fourth-order valence-corrected chi connectivity index (χ4v) is 1.84. The van der Waals surface area contributed by atoms with Gasteiger partial charge in [-0.25, -0.2) is 0 Å². The summed E-state index contributed by atoms with van der Waals surface area (Å²) in [5.74, 6) is 0. The molecule has 0 saturated heterocycles. The Morgan fingerprint density at radius 3 is 2.69 bits per heavy atom. The second kappa shape index (κ2) is 2.98. The molecule has 2 nitrogen and oxygen atoms in total. The van der Waals surface area contributed by atoms with Crippen LogP contribution in [0.3, 0.4) is 0 Å². The van der Waals surface area contributed by atoms with Gasteiger partial charge in [-0.1, -0.05) is 23.7 Å². The second-order valence-electron chi connectivity index (χ2n) is 3.50. The zero-order valence-corrected chi connectivity index (χ0v) is 8.01. The topological polar surface area (TPSA) is 46.2 Å². The van der Waals surface area contributed by atoms with Gasteiger partial charge in [0.25, 0.3) is 0 Å². The van der Waals surface area contributed by atoms with Crippen LogP contribution in [0.4, 0.5) is 0 Å². The Balaban J connectivity index is 2.50. The first kappa shape index (κ1) is 9.00. The summed E-state index contributed by atoms with van der Waals surface area (Å²) in [5.41, 5.74) is 6.73. The summed E-state index contributed by atoms with van der Waals surface area (Å²) in [6.07, 6.45) is 1.64. The van der Waals surface area contributed by atoms with Crippen molar-refractivity contribution in [1.29, 1.82) is 0 Å². The Morgan fingerprint density at radius 1 is 1.46 bits per heavy atom. The van der Waals surface area contributed by atoms with Crippen LogP contribution >= 0.6 is 11.6 Å². The predicted molar refractivity (Wildman–Crippen MR) is 52.5 cm³/mol. The highest BCUT2D eigenvalue weighted by Crippen LogP contribution is 2.47. The van der Waals surface area contributed by atoms with Gasteiger partial charge in [-0.3, -0.25) is 0 Å². The van der Waals surface area contributed by atoms with E-state index in [0.717, 1.165) is 24.0 Å². The monoisotopic (exact) mass is 197 g/mol. The molecule has 3 N–H and O–H groups in total. The van der Waals surface area contributed by atoms with Gasteiger partial charge in [-0.15, -0.1) is 0 Å². The summed E-state index contributed by atoms with van der Waals surface area (Å²) in [6.45, 7) is 0.386. The van der Waals surface area contributed by atoms with Crippen LogP contribution in [0.5, 0.6) is 0 Å². The molecule has 13 heavy (non-hydrogen) atoms. The SMILES string of the molecule is NCc1c(Cl)cccc1C1(O)CC1. The molecule has 2 rings (SSSR count). The van der Waals surface area contributed by atoms with Crippen LogP contribution in [-0.4, -0.2) is 5.11 Å². The minimum Gasteiger partial charge on any atom is -0.385 e. The number of benzene rings is 1. The first-order valence-electron chi connectivity index (χ1n) is 4.38. The van der Waals surface area contributed by atoms with Gasteiger partial charge < -0.3 is 10.8 Å².